The van der Waals surface area contributed by atoms with Crippen LogP contribution in [0.1, 0.15) is 38.7 Å². The molecule has 2 unspecified atom stereocenters. The highest BCUT2D eigenvalue weighted by Gasteiger charge is 2.27. The van der Waals surface area contributed by atoms with Crippen LogP contribution < -0.4 is 5.32 Å². The molecule has 0 spiro atoms. The van der Waals surface area contributed by atoms with Gasteiger partial charge in [-0.05, 0) is 24.5 Å². The average Bonchev–Trinajstić information content (AvgIpc) is 2.50. The van der Waals surface area contributed by atoms with Crippen molar-refractivity contribution >= 4 is 17.8 Å². The summed E-state index contributed by atoms with van der Waals surface area (Å²) in [5.74, 6) is -3.99. The molecule has 8 heteroatoms. The summed E-state index contributed by atoms with van der Waals surface area (Å²) < 4.78 is 26.8. The van der Waals surface area contributed by atoms with Crippen LogP contribution in [0.25, 0.3) is 0 Å². The fraction of sp³-hybridized carbons (Fsp3) is 0.471. The van der Waals surface area contributed by atoms with Gasteiger partial charge in [0.25, 0.3) is 0 Å². The zero-order chi connectivity index (χ0) is 19.1. The summed E-state index contributed by atoms with van der Waals surface area (Å²) in [7, 11) is 0. The molecule has 2 N–H and O–H groups in total. The third kappa shape index (κ3) is 6.13. The number of nitrogens with one attached hydrogen (secondary N) is 1. The minimum Gasteiger partial charge on any atom is -0.480 e. The highest BCUT2D eigenvalue weighted by molar-refractivity contribution is 5.84. The third-order valence-corrected chi connectivity index (χ3v) is 3.85. The van der Waals surface area contributed by atoms with Crippen molar-refractivity contribution in [1.29, 1.82) is 0 Å². The monoisotopic (exact) mass is 356 g/mol. The molecule has 2 amide bonds. The van der Waals surface area contributed by atoms with E-state index in [-0.39, 0.29) is 31.0 Å². The van der Waals surface area contributed by atoms with Gasteiger partial charge in [0, 0.05) is 32.5 Å². The Morgan fingerprint density at radius 3 is 2.40 bits per heavy atom. The summed E-state index contributed by atoms with van der Waals surface area (Å²) in [6, 6.07) is 2.02. The van der Waals surface area contributed by atoms with E-state index in [1.54, 1.807) is 6.92 Å². The second-order valence-electron chi connectivity index (χ2n) is 5.86. The van der Waals surface area contributed by atoms with Gasteiger partial charge in [-0.2, -0.15) is 0 Å². The Morgan fingerprint density at radius 2 is 1.88 bits per heavy atom. The van der Waals surface area contributed by atoms with E-state index in [1.807, 2.05) is 0 Å². The predicted octanol–water partition coefficient (Wildman–Crippen LogP) is 1.90. The quantitative estimate of drug-likeness (QED) is 0.745. The normalized spacial score (nSPS) is 13.0. The zero-order valence-corrected chi connectivity index (χ0v) is 14.4. The first-order valence-corrected chi connectivity index (χ1v) is 7.85. The van der Waals surface area contributed by atoms with Crippen molar-refractivity contribution in [3.63, 3.8) is 0 Å². The standard InChI is InChI=1S/C17H22F2N2O4/c1-10(14-5-4-13(18)9-15(14)19)8-16(23)21(11(2)17(24)25)7-6-20-12(3)22/h4-5,9-11H,6-8H2,1-3H3,(H,20,22)(H,24,25). The van der Waals surface area contributed by atoms with Gasteiger partial charge < -0.3 is 15.3 Å². The van der Waals surface area contributed by atoms with E-state index in [0.29, 0.717) is 0 Å². The Labute approximate surface area is 144 Å². The molecule has 2 atom stereocenters. The van der Waals surface area contributed by atoms with Gasteiger partial charge >= 0.3 is 5.97 Å². The van der Waals surface area contributed by atoms with Gasteiger partial charge in [-0.3, -0.25) is 9.59 Å². The van der Waals surface area contributed by atoms with Gasteiger partial charge in [-0.25, -0.2) is 13.6 Å². The van der Waals surface area contributed by atoms with E-state index in [4.69, 9.17) is 5.11 Å². The number of carbonyl (C=O) groups excluding carboxylic acids is 2. The van der Waals surface area contributed by atoms with Gasteiger partial charge in [-0.15, -0.1) is 0 Å². The molecule has 1 aromatic carbocycles. The Hall–Kier alpha value is -2.51. The molecule has 25 heavy (non-hydrogen) atoms. The summed E-state index contributed by atoms with van der Waals surface area (Å²) in [5.41, 5.74) is 0.180. The van der Waals surface area contributed by atoms with Crippen LogP contribution in [0.15, 0.2) is 18.2 Å². The number of amides is 2. The summed E-state index contributed by atoms with van der Waals surface area (Å²) >= 11 is 0. The van der Waals surface area contributed by atoms with Gasteiger partial charge in [0.2, 0.25) is 11.8 Å². The molecule has 0 fully saturated rings. The minimum absolute atomic E-state index is 0.0184. The van der Waals surface area contributed by atoms with Gasteiger partial charge in [-0.1, -0.05) is 13.0 Å². The molecule has 0 aliphatic heterocycles. The van der Waals surface area contributed by atoms with Crippen molar-refractivity contribution in [2.75, 3.05) is 13.1 Å². The van der Waals surface area contributed by atoms with Gasteiger partial charge in [0.1, 0.15) is 17.7 Å². The number of hydrogen-bond acceptors (Lipinski definition) is 3. The van der Waals surface area contributed by atoms with Crippen LogP contribution in [0.3, 0.4) is 0 Å². The predicted molar refractivity (Wildman–Crippen MR) is 86.9 cm³/mol. The zero-order valence-electron chi connectivity index (χ0n) is 14.4. The van der Waals surface area contributed by atoms with Crippen LogP contribution in [0.2, 0.25) is 0 Å². The van der Waals surface area contributed by atoms with Crippen molar-refractivity contribution in [3.05, 3.63) is 35.4 Å². The SMILES string of the molecule is CC(=O)NCCN(C(=O)CC(C)c1ccc(F)cc1F)C(C)C(=O)O. The Bertz CT molecular complexity index is 652. The summed E-state index contributed by atoms with van der Waals surface area (Å²) in [6.45, 7) is 4.40. The number of aliphatic carboxylic acids is 1. The first-order chi connectivity index (χ1) is 11.6. The Kier molecular flexibility index (Phi) is 7.47. The highest BCUT2D eigenvalue weighted by atomic mass is 19.1. The lowest BCUT2D eigenvalue weighted by atomic mass is 9.96. The molecule has 0 aromatic heterocycles. The molecule has 0 aliphatic carbocycles. The van der Waals surface area contributed by atoms with Crippen LogP contribution >= 0.6 is 0 Å². The Balaban J connectivity index is 2.85. The number of benzene rings is 1. The van der Waals surface area contributed by atoms with E-state index in [9.17, 15) is 23.2 Å². The smallest absolute Gasteiger partial charge is 0.326 e. The van der Waals surface area contributed by atoms with Crippen molar-refractivity contribution in [2.45, 2.75) is 39.2 Å². The third-order valence-electron chi connectivity index (χ3n) is 3.85. The van der Waals surface area contributed by atoms with E-state index in [0.717, 1.165) is 17.0 Å². The van der Waals surface area contributed by atoms with Crippen LogP contribution in [-0.4, -0.2) is 46.9 Å². The molecule has 138 valence electrons. The average molecular weight is 356 g/mol. The van der Waals surface area contributed by atoms with E-state index >= 15 is 0 Å². The van der Waals surface area contributed by atoms with Crippen molar-refractivity contribution in [3.8, 4) is 0 Å². The van der Waals surface area contributed by atoms with Crippen LogP contribution in [0, 0.1) is 11.6 Å². The van der Waals surface area contributed by atoms with E-state index in [1.165, 1.54) is 19.9 Å². The number of rotatable bonds is 8. The van der Waals surface area contributed by atoms with Crippen molar-refractivity contribution in [1.82, 2.24) is 10.2 Å². The Morgan fingerprint density at radius 1 is 1.24 bits per heavy atom. The largest absolute Gasteiger partial charge is 0.480 e. The van der Waals surface area contributed by atoms with Crippen LogP contribution in [0.5, 0.6) is 0 Å². The maximum Gasteiger partial charge on any atom is 0.326 e. The van der Waals surface area contributed by atoms with Crippen molar-refractivity contribution < 1.29 is 28.3 Å². The summed E-state index contributed by atoms with van der Waals surface area (Å²) in [5, 5.41) is 11.7. The second-order valence-corrected chi connectivity index (χ2v) is 5.86. The lowest BCUT2D eigenvalue weighted by Crippen LogP contribution is -2.47. The van der Waals surface area contributed by atoms with Gasteiger partial charge in [0.05, 0.1) is 0 Å². The summed E-state index contributed by atoms with van der Waals surface area (Å²) in [4.78, 5) is 35.7. The van der Waals surface area contributed by atoms with Crippen LogP contribution in [-0.2, 0) is 14.4 Å². The van der Waals surface area contributed by atoms with E-state index in [2.05, 4.69) is 5.32 Å². The molecule has 0 saturated carbocycles. The lowest BCUT2D eigenvalue weighted by Gasteiger charge is -2.28. The molecular weight excluding hydrogens is 334 g/mol. The number of nitrogens with zero attached hydrogens (tertiary/aromatic N) is 1. The highest BCUT2D eigenvalue weighted by Crippen LogP contribution is 2.24. The van der Waals surface area contributed by atoms with Crippen molar-refractivity contribution in [2.24, 2.45) is 0 Å². The number of carboxylic acids is 1. The second kappa shape index (κ2) is 9.10. The fourth-order valence-electron chi connectivity index (χ4n) is 2.41. The first kappa shape index (κ1) is 20.5. The van der Waals surface area contributed by atoms with E-state index < -0.39 is 35.5 Å². The molecular formula is C17H22F2N2O4. The van der Waals surface area contributed by atoms with Crippen LogP contribution in [0.4, 0.5) is 8.78 Å². The number of halogens is 2. The molecule has 0 bridgehead atoms. The maximum absolute atomic E-state index is 13.8. The number of carbonyl (C=O) groups is 3. The lowest BCUT2D eigenvalue weighted by molar-refractivity contribution is -0.149. The topological polar surface area (TPSA) is 86.7 Å². The minimum atomic E-state index is -1.18. The molecule has 0 heterocycles. The molecule has 1 rings (SSSR count). The fourth-order valence-corrected chi connectivity index (χ4v) is 2.41. The number of carboxylic acid groups (broad SMARTS) is 1. The first-order valence-electron chi connectivity index (χ1n) is 7.85. The molecule has 0 aliphatic rings. The molecule has 1 aromatic rings. The molecule has 0 radical (unpaired) electrons. The van der Waals surface area contributed by atoms with Gasteiger partial charge in [0.15, 0.2) is 0 Å². The number of hydrogen-bond donors (Lipinski definition) is 2. The molecule has 6 nitrogen and oxygen atoms in total. The maximum atomic E-state index is 13.8. The molecule has 0 saturated heterocycles. The summed E-state index contributed by atoms with van der Waals surface area (Å²) in [6.07, 6.45) is -0.139.